The number of carbonyl (C=O) groups is 1. The van der Waals surface area contributed by atoms with Crippen LogP contribution in [0.15, 0.2) is 54.6 Å². The molecule has 3 rings (SSSR count). The first kappa shape index (κ1) is 20.8. The quantitative estimate of drug-likeness (QED) is 0.655. The summed E-state index contributed by atoms with van der Waals surface area (Å²) in [6.07, 6.45) is 0.327. The number of benzene rings is 2. The van der Waals surface area contributed by atoms with E-state index in [2.05, 4.69) is 11.0 Å². The maximum atomic E-state index is 12.9. The summed E-state index contributed by atoms with van der Waals surface area (Å²) >= 11 is 0. The molecule has 29 heavy (non-hydrogen) atoms. The zero-order valence-corrected chi connectivity index (χ0v) is 16.6. The standard InChI is InChI=1S/C23H27N3O3/c24-11-4-12-26(14-13-25-15-17-28-18-16-25)23(27)21-7-9-22(10-8-21)29-19-20-5-2-1-3-6-20/h1-3,5-10H,4,12-19H2. The molecule has 0 radical (unpaired) electrons. The van der Waals surface area contributed by atoms with E-state index in [0.717, 1.165) is 44.2 Å². The highest BCUT2D eigenvalue weighted by molar-refractivity contribution is 5.94. The van der Waals surface area contributed by atoms with Crippen LogP contribution < -0.4 is 4.74 Å². The summed E-state index contributed by atoms with van der Waals surface area (Å²) in [6.45, 7) is 5.55. The van der Waals surface area contributed by atoms with Crippen molar-refractivity contribution in [1.82, 2.24) is 9.80 Å². The van der Waals surface area contributed by atoms with Crippen LogP contribution in [0.4, 0.5) is 0 Å². The van der Waals surface area contributed by atoms with E-state index in [4.69, 9.17) is 14.7 Å². The van der Waals surface area contributed by atoms with Crippen molar-refractivity contribution in [3.05, 3.63) is 65.7 Å². The predicted octanol–water partition coefficient (Wildman–Crippen LogP) is 2.95. The summed E-state index contributed by atoms with van der Waals surface area (Å²) in [6, 6.07) is 19.3. The van der Waals surface area contributed by atoms with E-state index < -0.39 is 0 Å². The Balaban J connectivity index is 1.56. The Morgan fingerprint density at radius 3 is 2.48 bits per heavy atom. The SMILES string of the molecule is N#CCCN(CCN1CCOCC1)C(=O)c1ccc(OCc2ccccc2)cc1. The van der Waals surface area contributed by atoms with Gasteiger partial charge in [0.05, 0.1) is 25.7 Å². The van der Waals surface area contributed by atoms with Crippen LogP contribution in [0, 0.1) is 11.3 Å². The zero-order chi connectivity index (χ0) is 20.3. The Morgan fingerprint density at radius 2 is 1.79 bits per heavy atom. The van der Waals surface area contributed by atoms with Crippen LogP contribution in [0.3, 0.4) is 0 Å². The summed E-state index contributed by atoms with van der Waals surface area (Å²) in [5, 5.41) is 8.94. The summed E-state index contributed by atoms with van der Waals surface area (Å²) in [7, 11) is 0. The first-order valence-corrected chi connectivity index (χ1v) is 9.99. The summed E-state index contributed by atoms with van der Waals surface area (Å²) in [5.74, 6) is 0.672. The van der Waals surface area contributed by atoms with E-state index in [0.29, 0.717) is 31.7 Å². The van der Waals surface area contributed by atoms with Gasteiger partial charge in [-0.25, -0.2) is 0 Å². The maximum Gasteiger partial charge on any atom is 0.253 e. The number of morpholine rings is 1. The highest BCUT2D eigenvalue weighted by Crippen LogP contribution is 2.16. The number of hydrogen-bond donors (Lipinski definition) is 0. The lowest BCUT2D eigenvalue weighted by Crippen LogP contribution is -2.43. The minimum absolute atomic E-state index is 0.0527. The van der Waals surface area contributed by atoms with E-state index in [1.54, 1.807) is 17.0 Å². The van der Waals surface area contributed by atoms with Gasteiger partial charge in [-0.1, -0.05) is 30.3 Å². The van der Waals surface area contributed by atoms with E-state index >= 15 is 0 Å². The molecule has 0 unspecified atom stereocenters. The average molecular weight is 393 g/mol. The van der Waals surface area contributed by atoms with E-state index in [9.17, 15) is 4.79 Å². The molecule has 1 fully saturated rings. The van der Waals surface area contributed by atoms with Gasteiger partial charge in [0.1, 0.15) is 12.4 Å². The third kappa shape index (κ3) is 6.60. The van der Waals surface area contributed by atoms with Gasteiger partial charge in [0.2, 0.25) is 0 Å². The molecular formula is C23H27N3O3. The first-order valence-electron chi connectivity index (χ1n) is 9.99. The molecule has 1 heterocycles. The van der Waals surface area contributed by atoms with E-state index in [1.807, 2.05) is 42.5 Å². The number of amides is 1. The topological polar surface area (TPSA) is 65.8 Å². The fourth-order valence-corrected chi connectivity index (χ4v) is 3.20. The normalized spacial score (nSPS) is 14.2. The van der Waals surface area contributed by atoms with Crippen molar-refractivity contribution in [2.45, 2.75) is 13.0 Å². The minimum atomic E-state index is -0.0527. The number of rotatable bonds is 9. The fraction of sp³-hybridized carbons (Fsp3) is 0.391. The molecule has 0 saturated carbocycles. The molecule has 1 amide bonds. The second kappa shape index (κ2) is 11.2. The first-order chi connectivity index (χ1) is 14.3. The van der Waals surface area contributed by atoms with Gasteiger partial charge in [-0.3, -0.25) is 9.69 Å². The molecule has 6 nitrogen and oxygen atoms in total. The number of nitriles is 1. The second-order valence-electron chi connectivity index (χ2n) is 6.95. The van der Waals surface area contributed by atoms with Crippen LogP contribution in [-0.2, 0) is 11.3 Å². The Kier molecular flexibility index (Phi) is 8.05. The summed E-state index contributed by atoms with van der Waals surface area (Å²) in [4.78, 5) is 17.0. The highest BCUT2D eigenvalue weighted by Gasteiger charge is 2.18. The molecule has 0 N–H and O–H groups in total. The maximum absolute atomic E-state index is 12.9. The number of nitrogens with zero attached hydrogens (tertiary/aromatic N) is 3. The monoisotopic (exact) mass is 393 g/mol. The molecule has 0 aromatic heterocycles. The van der Waals surface area contributed by atoms with Crippen molar-refractivity contribution >= 4 is 5.91 Å². The Bertz CT molecular complexity index is 796. The molecule has 1 aliphatic heterocycles. The molecule has 1 saturated heterocycles. The van der Waals surface area contributed by atoms with Gasteiger partial charge in [-0.15, -0.1) is 0 Å². The lowest BCUT2D eigenvalue weighted by Gasteiger charge is -2.30. The number of carbonyl (C=O) groups excluding carboxylic acids is 1. The van der Waals surface area contributed by atoms with Crippen molar-refractivity contribution in [1.29, 1.82) is 5.26 Å². The molecule has 0 bridgehead atoms. The summed E-state index contributed by atoms with van der Waals surface area (Å²) < 4.78 is 11.2. The largest absolute Gasteiger partial charge is 0.489 e. The third-order valence-corrected chi connectivity index (χ3v) is 4.92. The molecule has 0 atom stereocenters. The number of hydrogen-bond acceptors (Lipinski definition) is 5. The van der Waals surface area contributed by atoms with Gasteiger partial charge in [0.25, 0.3) is 5.91 Å². The van der Waals surface area contributed by atoms with Gasteiger partial charge in [-0.05, 0) is 29.8 Å². The van der Waals surface area contributed by atoms with Crippen molar-refractivity contribution in [3.8, 4) is 11.8 Å². The van der Waals surface area contributed by atoms with Gasteiger partial charge >= 0.3 is 0 Å². The van der Waals surface area contributed by atoms with Crippen molar-refractivity contribution in [2.75, 3.05) is 45.9 Å². The van der Waals surface area contributed by atoms with Crippen molar-refractivity contribution in [3.63, 3.8) is 0 Å². The predicted molar refractivity (Wildman–Crippen MR) is 111 cm³/mol. The fourth-order valence-electron chi connectivity index (χ4n) is 3.20. The van der Waals surface area contributed by atoms with Gasteiger partial charge in [0, 0.05) is 38.3 Å². The molecule has 0 spiro atoms. The Labute approximate surface area is 172 Å². The zero-order valence-electron chi connectivity index (χ0n) is 16.6. The van der Waals surface area contributed by atoms with E-state index in [-0.39, 0.29) is 5.91 Å². The van der Waals surface area contributed by atoms with Crippen LogP contribution in [0.5, 0.6) is 5.75 Å². The minimum Gasteiger partial charge on any atom is -0.489 e. The molecule has 2 aromatic carbocycles. The van der Waals surface area contributed by atoms with Crippen molar-refractivity contribution in [2.24, 2.45) is 0 Å². The third-order valence-electron chi connectivity index (χ3n) is 4.92. The smallest absolute Gasteiger partial charge is 0.253 e. The van der Waals surface area contributed by atoms with Gasteiger partial charge in [0.15, 0.2) is 0 Å². The average Bonchev–Trinajstić information content (AvgIpc) is 2.79. The summed E-state index contributed by atoms with van der Waals surface area (Å²) in [5.41, 5.74) is 1.70. The Hall–Kier alpha value is -2.88. The van der Waals surface area contributed by atoms with Crippen LogP contribution in [0.25, 0.3) is 0 Å². The highest BCUT2D eigenvalue weighted by atomic mass is 16.5. The molecule has 1 aliphatic rings. The molecule has 6 heteroatoms. The molecule has 2 aromatic rings. The van der Waals surface area contributed by atoms with Crippen LogP contribution in [0.1, 0.15) is 22.3 Å². The molecule has 0 aliphatic carbocycles. The number of ether oxygens (including phenoxy) is 2. The van der Waals surface area contributed by atoms with Crippen molar-refractivity contribution < 1.29 is 14.3 Å². The van der Waals surface area contributed by atoms with Crippen LogP contribution in [0.2, 0.25) is 0 Å². The van der Waals surface area contributed by atoms with Crippen LogP contribution >= 0.6 is 0 Å². The van der Waals surface area contributed by atoms with Crippen LogP contribution in [-0.4, -0.2) is 61.6 Å². The molecular weight excluding hydrogens is 366 g/mol. The van der Waals surface area contributed by atoms with E-state index in [1.165, 1.54) is 0 Å². The Morgan fingerprint density at radius 1 is 1.07 bits per heavy atom. The van der Waals surface area contributed by atoms with Gasteiger partial charge < -0.3 is 14.4 Å². The molecule has 152 valence electrons. The lowest BCUT2D eigenvalue weighted by atomic mass is 10.2. The van der Waals surface area contributed by atoms with Gasteiger partial charge in [-0.2, -0.15) is 5.26 Å². The second-order valence-corrected chi connectivity index (χ2v) is 6.95. The lowest BCUT2D eigenvalue weighted by molar-refractivity contribution is 0.0326.